The first-order valence-electron chi connectivity index (χ1n) is 27.2. The van der Waals surface area contributed by atoms with Gasteiger partial charge in [-0.05, 0) is 87.3 Å². The van der Waals surface area contributed by atoms with Crippen molar-refractivity contribution in [1.82, 2.24) is 0 Å². The predicted molar refractivity (Wildman–Crippen MR) is 293 cm³/mol. The molecule has 10 nitrogen and oxygen atoms in total. The topological polar surface area (TPSA) is 183 Å². The monoisotopic (exact) mass is 1090 g/mol. The summed E-state index contributed by atoms with van der Waals surface area (Å²) in [5, 5.41) is 8.06. The van der Waals surface area contributed by atoms with Gasteiger partial charge in [-0.25, -0.2) is 0 Å². The number of aryl methyl sites for hydroxylation is 3. The van der Waals surface area contributed by atoms with Gasteiger partial charge in [0, 0.05) is 27.8 Å². The molecule has 14 heteroatoms. The zero-order chi connectivity index (χ0) is 52.4. The Morgan fingerprint density at radius 3 is 0.648 bits per heavy atom. The molecule has 408 valence electrons. The van der Waals surface area contributed by atoms with Crippen LogP contribution in [0.2, 0.25) is 0 Å². The van der Waals surface area contributed by atoms with Crippen molar-refractivity contribution in [3.8, 4) is 0 Å². The minimum absolute atomic E-state index is 0. The van der Waals surface area contributed by atoms with Crippen molar-refractivity contribution in [2.24, 2.45) is 0 Å². The Balaban J connectivity index is 0. The second kappa shape index (κ2) is 45.5. The van der Waals surface area contributed by atoms with E-state index in [-0.39, 0.29) is 42.5 Å². The van der Waals surface area contributed by atoms with E-state index in [2.05, 4.69) is 20.8 Å². The van der Waals surface area contributed by atoms with Crippen molar-refractivity contribution in [3.05, 3.63) is 89.5 Å². The van der Waals surface area contributed by atoms with Gasteiger partial charge in [0.2, 0.25) is 0 Å². The Kier molecular flexibility index (Phi) is 45.5. The molecule has 0 heterocycles. The van der Waals surface area contributed by atoms with E-state index in [1.165, 1.54) is 172 Å². The Hall–Kier alpha value is -1.94. The second-order valence-electron chi connectivity index (χ2n) is 19.1. The van der Waals surface area contributed by atoms with Crippen LogP contribution in [0.4, 0.5) is 0 Å². The van der Waals surface area contributed by atoms with Crippen molar-refractivity contribution in [1.29, 1.82) is 0 Å². The van der Waals surface area contributed by atoms with Gasteiger partial charge in [0.25, 0.3) is 30.4 Å². The molecule has 0 aliphatic heterocycles. The molecule has 0 bridgehead atoms. The van der Waals surface area contributed by atoms with Crippen LogP contribution in [0.25, 0.3) is 0 Å². The minimum atomic E-state index is -4.10. The summed E-state index contributed by atoms with van der Waals surface area (Å²) in [5.74, 6) is 0. The van der Waals surface area contributed by atoms with Crippen LogP contribution >= 0.6 is 0 Å². The van der Waals surface area contributed by atoms with Gasteiger partial charge in [-0.15, -0.1) is 0 Å². The molecular weight excluding hydrogens is 989 g/mol. The molecule has 71 heavy (non-hydrogen) atoms. The summed E-state index contributed by atoms with van der Waals surface area (Å²) in [5.41, 5.74) is 2.18. The summed E-state index contributed by atoms with van der Waals surface area (Å²) >= 11 is 0. The van der Waals surface area contributed by atoms with Crippen LogP contribution in [0, 0.1) is 0 Å². The third kappa shape index (κ3) is 41.1. The maximum absolute atomic E-state index is 11.3. The SMILES string of the molecule is CC(C)O.CCCCCCCCCCCCc1ccccc1S(=O)(=O)O.CCCCCCCCCCCCc1ccccc1S(=O)(=O)O.CCCCCCCCCCCCc1ccccc1S(=O)(=O)O.[Ti]. The summed E-state index contributed by atoms with van der Waals surface area (Å²) in [4.78, 5) is 0.183. The molecule has 3 aromatic rings. The fourth-order valence-corrected chi connectivity index (χ4v) is 10.6. The van der Waals surface area contributed by atoms with Gasteiger partial charge in [0.05, 0.1) is 14.7 Å². The van der Waals surface area contributed by atoms with Gasteiger partial charge in [-0.2, -0.15) is 25.3 Å². The maximum atomic E-state index is 11.3. The summed E-state index contributed by atoms with van der Waals surface area (Å²) in [6, 6.07) is 20.2. The van der Waals surface area contributed by atoms with E-state index in [1.54, 1.807) is 50.2 Å². The number of hydrogen-bond acceptors (Lipinski definition) is 7. The molecule has 0 unspecified atom stereocenters. The largest absolute Gasteiger partial charge is 0.394 e. The first-order valence-corrected chi connectivity index (χ1v) is 31.6. The standard InChI is InChI=1S/3C18H30O3S.C3H8O.Ti/c3*1-2-3-4-5-6-7-8-9-10-11-14-17-15-12-13-16-18(17)22(19,20)21;1-3(2)4;/h3*12-13,15-16H,2-11,14H2,1H3,(H,19,20,21);3-4H,1-2H3;. The van der Waals surface area contributed by atoms with E-state index in [0.717, 1.165) is 55.2 Å². The van der Waals surface area contributed by atoms with Crippen LogP contribution < -0.4 is 0 Å². The van der Waals surface area contributed by atoms with E-state index < -0.39 is 30.4 Å². The predicted octanol–water partition coefficient (Wildman–Crippen LogP) is 16.6. The number of hydrogen-bond donors (Lipinski definition) is 4. The molecule has 0 fully saturated rings. The van der Waals surface area contributed by atoms with Gasteiger partial charge in [0.1, 0.15) is 0 Å². The van der Waals surface area contributed by atoms with Crippen molar-refractivity contribution in [2.45, 2.75) is 267 Å². The number of aliphatic hydroxyl groups is 1. The van der Waals surface area contributed by atoms with Gasteiger partial charge in [-0.3, -0.25) is 13.7 Å². The Morgan fingerprint density at radius 1 is 0.324 bits per heavy atom. The first-order chi connectivity index (χ1) is 33.4. The maximum Gasteiger partial charge on any atom is 0.294 e. The van der Waals surface area contributed by atoms with Gasteiger partial charge < -0.3 is 5.11 Å². The molecule has 0 radical (unpaired) electrons. The quantitative estimate of drug-likeness (QED) is 0.0248. The molecule has 0 spiro atoms. The molecule has 0 saturated heterocycles. The van der Waals surface area contributed by atoms with E-state index in [1.807, 2.05) is 18.2 Å². The van der Waals surface area contributed by atoms with Crippen molar-refractivity contribution in [2.75, 3.05) is 0 Å². The van der Waals surface area contributed by atoms with E-state index in [4.69, 9.17) is 5.11 Å². The van der Waals surface area contributed by atoms with Crippen LogP contribution in [0.5, 0.6) is 0 Å². The summed E-state index contributed by atoms with van der Waals surface area (Å²) in [7, 11) is -12.3. The molecule has 0 aromatic heterocycles. The number of aliphatic hydroxyl groups excluding tert-OH is 1. The zero-order valence-electron chi connectivity index (χ0n) is 44.8. The molecular formula is C57H98O10S3Ti. The third-order valence-electron chi connectivity index (χ3n) is 12.2. The van der Waals surface area contributed by atoms with Crippen molar-refractivity contribution in [3.63, 3.8) is 0 Å². The van der Waals surface area contributed by atoms with Crippen LogP contribution in [-0.2, 0) is 71.3 Å². The molecule has 0 aliphatic rings. The molecule has 0 amide bonds. The van der Waals surface area contributed by atoms with E-state index in [9.17, 15) is 38.9 Å². The Labute approximate surface area is 449 Å². The summed E-state index contributed by atoms with van der Waals surface area (Å²) in [6.45, 7) is 10.2. The zero-order valence-corrected chi connectivity index (χ0v) is 48.8. The normalized spacial score (nSPS) is 11.4. The van der Waals surface area contributed by atoms with Crippen LogP contribution in [-0.4, -0.2) is 50.1 Å². The summed E-state index contributed by atoms with van der Waals surface area (Å²) in [6.07, 6.45) is 39.8. The minimum Gasteiger partial charge on any atom is -0.394 e. The van der Waals surface area contributed by atoms with Gasteiger partial charge >= 0.3 is 0 Å². The van der Waals surface area contributed by atoms with E-state index >= 15 is 0 Å². The molecule has 0 aliphatic carbocycles. The van der Waals surface area contributed by atoms with E-state index in [0.29, 0.717) is 19.3 Å². The Bertz CT molecular complexity index is 1810. The second-order valence-corrected chi connectivity index (χ2v) is 23.3. The van der Waals surface area contributed by atoms with Crippen LogP contribution in [0.1, 0.15) is 244 Å². The van der Waals surface area contributed by atoms with Crippen LogP contribution in [0.15, 0.2) is 87.5 Å². The third-order valence-corrected chi connectivity index (χ3v) is 15.0. The first kappa shape index (κ1) is 71.1. The molecule has 0 saturated carbocycles. The average molecular weight is 1090 g/mol. The average Bonchev–Trinajstić information content (AvgIpc) is 3.30. The fourth-order valence-electron chi connectivity index (χ4n) is 8.29. The molecule has 0 atom stereocenters. The smallest absolute Gasteiger partial charge is 0.294 e. The molecule has 3 aromatic carbocycles. The molecule has 3 rings (SSSR count). The summed E-state index contributed by atoms with van der Waals surface area (Å²) < 4.78 is 95.4. The number of rotatable bonds is 36. The molecule has 4 N–H and O–H groups in total. The number of unbranched alkanes of at least 4 members (excludes halogenated alkanes) is 27. The number of benzene rings is 3. The van der Waals surface area contributed by atoms with Crippen LogP contribution in [0.3, 0.4) is 0 Å². The van der Waals surface area contributed by atoms with Gasteiger partial charge in [-0.1, -0.05) is 249 Å². The van der Waals surface area contributed by atoms with Gasteiger partial charge in [0.15, 0.2) is 0 Å². The Morgan fingerprint density at radius 2 is 0.479 bits per heavy atom. The van der Waals surface area contributed by atoms with Crippen molar-refractivity contribution < 1.29 is 65.7 Å². The fraction of sp³-hybridized carbons (Fsp3) is 0.684. The van der Waals surface area contributed by atoms with Crippen molar-refractivity contribution >= 4 is 30.4 Å².